The fourth-order valence-electron chi connectivity index (χ4n) is 2.19. The number of hydrogen-bond donors (Lipinski definition) is 0. The van der Waals surface area contributed by atoms with Gasteiger partial charge < -0.3 is 9.47 Å². The van der Waals surface area contributed by atoms with Crippen LogP contribution >= 0.6 is 0 Å². The molecule has 92 valence electrons. The third-order valence-corrected chi connectivity index (χ3v) is 2.93. The SMILES string of the molecule is CCCC(CCC(C)C)(COC)COC. The average Bonchev–Trinajstić information content (AvgIpc) is 2.16. The lowest BCUT2D eigenvalue weighted by molar-refractivity contribution is -0.00486. The zero-order valence-electron chi connectivity index (χ0n) is 11.1. The van der Waals surface area contributed by atoms with Gasteiger partial charge in [0.25, 0.3) is 0 Å². The minimum Gasteiger partial charge on any atom is -0.384 e. The van der Waals surface area contributed by atoms with Crippen molar-refractivity contribution in [3.05, 3.63) is 0 Å². The van der Waals surface area contributed by atoms with Gasteiger partial charge in [-0.25, -0.2) is 0 Å². The first-order valence-corrected chi connectivity index (χ1v) is 6.08. The molecule has 0 N–H and O–H groups in total. The summed E-state index contributed by atoms with van der Waals surface area (Å²) in [6.07, 6.45) is 4.86. The summed E-state index contributed by atoms with van der Waals surface area (Å²) >= 11 is 0. The molecular formula is C13H28O2. The Morgan fingerprint density at radius 1 is 1.00 bits per heavy atom. The van der Waals surface area contributed by atoms with Crippen LogP contribution in [-0.2, 0) is 9.47 Å². The molecule has 2 heteroatoms. The smallest absolute Gasteiger partial charge is 0.0540 e. The maximum absolute atomic E-state index is 5.36. The summed E-state index contributed by atoms with van der Waals surface area (Å²) in [6.45, 7) is 8.42. The van der Waals surface area contributed by atoms with Crippen LogP contribution in [0, 0.1) is 11.3 Å². The Balaban J connectivity index is 4.31. The third-order valence-electron chi connectivity index (χ3n) is 2.93. The summed E-state index contributed by atoms with van der Waals surface area (Å²) in [5, 5.41) is 0. The van der Waals surface area contributed by atoms with Gasteiger partial charge in [-0.3, -0.25) is 0 Å². The van der Waals surface area contributed by atoms with E-state index in [9.17, 15) is 0 Å². The minimum absolute atomic E-state index is 0.239. The number of rotatable bonds is 9. The number of hydrogen-bond acceptors (Lipinski definition) is 2. The largest absolute Gasteiger partial charge is 0.384 e. The van der Waals surface area contributed by atoms with Crippen LogP contribution in [0.25, 0.3) is 0 Å². The standard InChI is InChI=1S/C13H28O2/c1-6-8-13(10-14-4,11-15-5)9-7-12(2)3/h12H,6-11H2,1-5H3. The van der Waals surface area contributed by atoms with E-state index in [4.69, 9.17) is 9.47 Å². The van der Waals surface area contributed by atoms with E-state index in [2.05, 4.69) is 20.8 Å². The van der Waals surface area contributed by atoms with Crippen LogP contribution in [0.1, 0.15) is 46.5 Å². The molecule has 0 aromatic heterocycles. The lowest BCUT2D eigenvalue weighted by Crippen LogP contribution is -2.32. The zero-order valence-corrected chi connectivity index (χ0v) is 11.1. The van der Waals surface area contributed by atoms with Gasteiger partial charge in [-0.05, 0) is 18.8 Å². The van der Waals surface area contributed by atoms with Crippen molar-refractivity contribution in [2.45, 2.75) is 46.5 Å². The highest BCUT2D eigenvalue weighted by molar-refractivity contribution is 4.79. The van der Waals surface area contributed by atoms with E-state index in [0.717, 1.165) is 19.1 Å². The van der Waals surface area contributed by atoms with E-state index in [0.29, 0.717) is 0 Å². The first kappa shape index (κ1) is 14.9. The molecule has 0 bridgehead atoms. The van der Waals surface area contributed by atoms with Crippen molar-refractivity contribution in [1.82, 2.24) is 0 Å². The molecule has 0 fully saturated rings. The zero-order chi connectivity index (χ0) is 11.7. The first-order valence-electron chi connectivity index (χ1n) is 6.08. The van der Waals surface area contributed by atoms with Crippen LogP contribution in [-0.4, -0.2) is 27.4 Å². The van der Waals surface area contributed by atoms with Crippen molar-refractivity contribution >= 4 is 0 Å². The second-order valence-electron chi connectivity index (χ2n) is 5.05. The van der Waals surface area contributed by atoms with E-state index in [1.165, 1.54) is 25.7 Å². The van der Waals surface area contributed by atoms with E-state index in [1.807, 2.05) is 0 Å². The van der Waals surface area contributed by atoms with Gasteiger partial charge in [0, 0.05) is 19.6 Å². The maximum atomic E-state index is 5.36. The quantitative estimate of drug-likeness (QED) is 0.587. The van der Waals surface area contributed by atoms with Crippen molar-refractivity contribution < 1.29 is 9.47 Å². The number of ether oxygens (including phenoxy) is 2. The molecule has 0 spiro atoms. The second-order valence-corrected chi connectivity index (χ2v) is 5.05. The van der Waals surface area contributed by atoms with E-state index < -0.39 is 0 Å². The van der Waals surface area contributed by atoms with Gasteiger partial charge in [0.15, 0.2) is 0 Å². The maximum Gasteiger partial charge on any atom is 0.0540 e. The molecule has 0 radical (unpaired) electrons. The molecule has 0 aromatic rings. The normalized spacial score (nSPS) is 12.4. The van der Waals surface area contributed by atoms with Gasteiger partial charge in [-0.2, -0.15) is 0 Å². The first-order chi connectivity index (χ1) is 7.10. The van der Waals surface area contributed by atoms with Crippen LogP contribution in [0.3, 0.4) is 0 Å². The fourth-order valence-corrected chi connectivity index (χ4v) is 2.19. The molecule has 0 aliphatic rings. The third kappa shape index (κ3) is 6.16. The van der Waals surface area contributed by atoms with Crippen LogP contribution in [0.2, 0.25) is 0 Å². The van der Waals surface area contributed by atoms with Crippen molar-refractivity contribution in [1.29, 1.82) is 0 Å². The van der Waals surface area contributed by atoms with E-state index in [1.54, 1.807) is 14.2 Å². The topological polar surface area (TPSA) is 18.5 Å². The summed E-state index contributed by atoms with van der Waals surface area (Å²) in [5.74, 6) is 0.759. The molecule has 0 aliphatic carbocycles. The van der Waals surface area contributed by atoms with Gasteiger partial charge in [0.2, 0.25) is 0 Å². The minimum atomic E-state index is 0.239. The molecule has 2 nitrogen and oxygen atoms in total. The molecule has 0 aliphatic heterocycles. The molecule has 0 heterocycles. The summed E-state index contributed by atoms with van der Waals surface area (Å²) in [6, 6.07) is 0. The molecule has 0 unspecified atom stereocenters. The monoisotopic (exact) mass is 216 g/mol. The predicted molar refractivity (Wildman–Crippen MR) is 65.2 cm³/mol. The van der Waals surface area contributed by atoms with Crippen LogP contribution < -0.4 is 0 Å². The molecular weight excluding hydrogens is 188 g/mol. The highest BCUT2D eigenvalue weighted by Crippen LogP contribution is 2.32. The molecule has 0 amide bonds. The van der Waals surface area contributed by atoms with Crippen molar-refractivity contribution in [3.63, 3.8) is 0 Å². The van der Waals surface area contributed by atoms with Crippen LogP contribution in [0.4, 0.5) is 0 Å². The summed E-state index contributed by atoms with van der Waals surface area (Å²) in [4.78, 5) is 0. The van der Waals surface area contributed by atoms with Gasteiger partial charge in [-0.15, -0.1) is 0 Å². The molecule has 0 atom stereocenters. The Labute approximate surface area is 95.3 Å². The Kier molecular flexibility index (Phi) is 8.07. The van der Waals surface area contributed by atoms with Crippen molar-refractivity contribution in [3.8, 4) is 0 Å². The Morgan fingerprint density at radius 3 is 1.87 bits per heavy atom. The van der Waals surface area contributed by atoms with Gasteiger partial charge in [0.05, 0.1) is 13.2 Å². The molecule has 0 rings (SSSR count). The summed E-state index contributed by atoms with van der Waals surface area (Å²) in [5.41, 5.74) is 0.239. The van der Waals surface area contributed by atoms with Crippen molar-refractivity contribution in [2.75, 3.05) is 27.4 Å². The highest BCUT2D eigenvalue weighted by Gasteiger charge is 2.29. The Hall–Kier alpha value is -0.0800. The highest BCUT2D eigenvalue weighted by atomic mass is 16.5. The Morgan fingerprint density at radius 2 is 1.53 bits per heavy atom. The predicted octanol–water partition coefficient (Wildman–Crippen LogP) is 3.50. The van der Waals surface area contributed by atoms with Crippen molar-refractivity contribution in [2.24, 2.45) is 11.3 Å². The molecule has 15 heavy (non-hydrogen) atoms. The molecule has 0 saturated heterocycles. The summed E-state index contributed by atoms with van der Waals surface area (Å²) < 4.78 is 10.7. The number of methoxy groups -OCH3 is 2. The van der Waals surface area contributed by atoms with Crippen LogP contribution in [0.5, 0.6) is 0 Å². The molecule has 0 aromatic carbocycles. The van der Waals surface area contributed by atoms with E-state index >= 15 is 0 Å². The average molecular weight is 216 g/mol. The van der Waals surface area contributed by atoms with Gasteiger partial charge in [0.1, 0.15) is 0 Å². The molecule has 0 saturated carbocycles. The van der Waals surface area contributed by atoms with Crippen LogP contribution in [0.15, 0.2) is 0 Å². The summed E-state index contributed by atoms with van der Waals surface area (Å²) in [7, 11) is 3.57. The van der Waals surface area contributed by atoms with Gasteiger partial charge >= 0.3 is 0 Å². The second kappa shape index (κ2) is 8.12. The Bertz CT molecular complexity index is 126. The lowest BCUT2D eigenvalue weighted by atomic mass is 9.79. The lowest BCUT2D eigenvalue weighted by Gasteiger charge is -2.33. The van der Waals surface area contributed by atoms with Gasteiger partial charge in [-0.1, -0.05) is 33.6 Å². The fraction of sp³-hybridized carbons (Fsp3) is 1.00. The van der Waals surface area contributed by atoms with E-state index in [-0.39, 0.29) is 5.41 Å².